The third kappa shape index (κ3) is 4.52. The van der Waals surface area contributed by atoms with Crippen LogP contribution in [-0.4, -0.2) is 51.0 Å². The number of ether oxygens (including phenoxy) is 1. The van der Waals surface area contributed by atoms with Gasteiger partial charge in [0.2, 0.25) is 5.91 Å². The summed E-state index contributed by atoms with van der Waals surface area (Å²) in [4.78, 5) is 39.5. The van der Waals surface area contributed by atoms with E-state index in [2.05, 4.69) is 16.5 Å². The minimum absolute atomic E-state index is 0.00494. The Hall–Kier alpha value is -4.44. The van der Waals surface area contributed by atoms with Gasteiger partial charge in [-0.1, -0.05) is 32.0 Å². The molecule has 2 aliphatic rings. The first-order valence-corrected chi connectivity index (χ1v) is 14.5. The number of nitrogens with two attached hydrogens (primary N) is 1. The smallest absolute Gasteiger partial charge is 0.354 e. The van der Waals surface area contributed by atoms with E-state index < -0.39 is 11.5 Å². The number of anilines is 2. The number of halogens is 2. The number of hydrogen-bond donors (Lipinski definition) is 1. The highest BCUT2D eigenvalue weighted by Gasteiger charge is 2.34. The fourth-order valence-electron chi connectivity index (χ4n) is 6.20. The second-order valence-corrected chi connectivity index (χ2v) is 11.7. The van der Waals surface area contributed by atoms with Gasteiger partial charge in [-0.05, 0) is 55.7 Å². The molecular weight excluding hydrogens is 571 g/mol. The van der Waals surface area contributed by atoms with Crippen LogP contribution in [0.1, 0.15) is 43.5 Å². The van der Waals surface area contributed by atoms with Gasteiger partial charge in [-0.3, -0.25) is 14.3 Å². The molecule has 11 heteroatoms. The van der Waals surface area contributed by atoms with E-state index in [1.54, 1.807) is 17.2 Å². The average molecular weight is 603 g/mol. The van der Waals surface area contributed by atoms with Gasteiger partial charge in [0.1, 0.15) is 23.8 Å². The molecule has 4 aromatic rings. The Morgan fingerprint density at radius 1 is 1.26 bits per heavy atom. The quantitative estimate of drug-likeness (QED) is 0.247. The monoisotopic (exact) mass is 602 g/mol. The fourth-order valence-corrected chi connectivity index (χ4v) is 6.49. The molecule has 2 aromatic heterocycles. The molecule has 0 spiro atoms. The first-order chi connectivity index (χ1) is 20.5. The Balaban J connectivity index is 1.71. The molecule has 0 saturated carbocycles. The number of piperazine rings is 1. The Morgan fingerprint density at radius 2 is 2.02 bits per heavy atom. The van der Waals surface area contributed by atoms with E-state index in [9.17, 15) is 9.59 Å². The predicted molar refractivity (Wildman–Crippen MR) is 167 cm³/mol. The third-order valence-corrected chi connectivity index (χ3v) is 8.58. The van der Waals surface area contributed by atoms with E-state index in [-0.39, 0.29) is 40.8 Å². The number of carbonyl (C=O) groups is 1. The Morgan fingerprint density at radius 3 is 2.72 bits per heavy atom. The Kier molecular flexibility index (Phi) is 7.12. The van der Waals surface area contributed by atoms with E-state index >= 15 is 4.39 Å². The highest BCUT2D eigenvalue weighted by Crippen LogP contribution is 2.50. The molecule has 1 atom stereocenters. The second-order valence-electron chi connectivity index (χ2n) is 11.3. The van der Waals surface area contributed by atoms with Gasteiger partial charge < -0.3 is 20.3 Å². The van der Waals surface area contributed by atoms with Crippen LogP contribution in [0.2, 0.25) is 5.02 Å². The summed E-state index contributed by atoms with van der Waals surface area (Å²) in [7, 11) is 0. The van der Waals surface area contributed by atoms with Gasteiger partial charge in [0.05, 0.1) is 16.4 Å². The van der Waals surface area contributed by atoms with Crippen molar-refractivity contribution in [2.24, 2.45) is 0 Å². The van der Waals surface area contributed by atoms with Crippen LogP contribution in [0, 0.1) is 12.7 Å². The molecule has 1 fully saturated rings. The first kappa shape index (κ1) is 28.7. The normalized spacial score (nSPS) is 16.2. The first-order valence-electron chi connectivity index (χ1n) is 14.2. The lowest BCUT2D eigenvalue weighted by Crippen LogP contribution is -2.54. The van der Waals surface area contributed by atoms with Crippen LogP contribution in [0.15, 0.2) is 47.9 Å². The van der Waals surface area contributed by atoms with E-state index in [4.69, 9.17) is 22.1 Å². The van der Waals surface area contributed by atoms with Crippen molar-refractivity contribution in [2.45, 2.75) is 46.3 Å². The van der Waals surface area contributed by atoms with Crippen molar-refractivity contribution >= 4 is 39.9 Å². The van der Waals surface area contributed by atoms with E-state index in [0.717, 1.165) is 5.56 Å². The number of carbonyl (C=O) groups excluding carboxylic acids is 1. The van der Waals surface area contributed by atoms with Crippen LogP contribution >= 0.6 is 11.6 Å². The van der Waals surface area contributed by atoms with Crippen LogP contribution in [-0.2, 0) is 11.4 Å². The van der Waals surface area contributed by atoms with Crippen molar-refractivity contribution in [3.8, 4) is 22.6 Å². The van der Waals surface area contributed by atoms with E-state index in [1.165, 1.54) is 22.8 Å². The molecule has 4 heterocycles. The number of rotatable bonds is 4. The molecule has 0 unspecified atom stereocenters. The number of nitrogens with zero attached hydrogens (tertiary/aromatic N) is 5. The number of aryl methyl sites for hydroxylation is 1. The van der Waals surface area contributed by atoms with Crippen LogP contribution < -0.4 is 21.1 Å². The van der Waals surface area contributed by atoms with Gasteiger partial charge in [0, 0.05) is 59.6 Å². The Labute approximate surface area is 253 Å². The molecule has 1 amide bonds. The van der Waals surface area contributed by atoms with Crippen molar-refractivity contribution in [3.63, 3.8) is 0 Å². The van der Waals surface area contributed by atoms with Gasteiger partial charge >= 0.3 is 5.69 Å². The van der Waals surface area contributed by atoms with Crippen LogP contribution in [0.25, 0.3) is 27.7 Å². The van der Waals surface area contributed by atoms with Gasteiger partial charge in [0.15, 0.2) is 5.75 Å². The number of fused-ring (bicyclic) bond motifs is 5. The standard InChI is InChI=1S/C32H32ClFN6O3/c1-6-24(41)38-11-12-39(18(5)14-38)31-19-13-21(33)26-25-20(23(35)8-7-22(25)34)15-43-30(26)29(19)40(32(42)37-31)28-17(4)9-10-36-27(28)16(2)3/h6-10,13,16,18H,1,11-12,14-15,35H2,2-5H3/t18-/m0/s1. The summed E-state index contributed by atoms with van der Waals surface area (Å²) in [5, 5.41) is 0.797. The lowest BCUT2D eigenvalue weighted by atomic mass is 9.93. The summed E-state index contributed by atoms with van der Waals surface area (Å²) in [6.45, 7) is 12.8. The molecule has 0 aliphatic carbocycles. The van der Waals surface area contributed by atoms with Crippen LogP contribution in [0.5, 0.6) is 5.75 Å². The SMILES string of the molecule is C=CC(=O)N1CCN(c2nc(=O)n(-c3c(C)ccnc3C(C)C)c3c4c(c(Cl)cc23)-c2c(F)ccc(N)c2CO4)[C@@H](C)C1. The summed E-state index contributed by atoms with van der Waals surface area (Å²) < 4.78 is 23.4. The van der Waals surface area contributed by atoms with Crippen molar-refractivity contribution < 1.29 is 13.9 Å². The molecule has 0 radical (unpaired) electrons. The largest absolute Gasteiger partial charge is 0.486 e. The lowest BCUT2D eigenvalue weighted by molar-refractivity contribution is -0.126. The predicted octanol–water partition coefficient (Wildman–Crippen LogP) is 5.37. The number of amides is 1. The molecule has 9 nitrogen and oxygen atoms in total. The molecule has 2 aromatic carbocycles. The fraction of sp³-hybridized carbons (Fsp3) is 0.312. The summed E-state index contributed by atoms with van der Waals surface area (Å²) >= 11 is 6.96. The lowest BCUT2D eigenvalue weighted by Gasteiger charge is -2.40. The summed E-state index contributed by atoms with van der Waals surface area (Å²) in [5.41, 5.74) is 9.67. The van der Waals surface area contributed by atoms with Gasteiger partial charge in [-0.15, -0.1) is 0 Å². The summed E-state index contributed by atoms with van der Waals surface area (Å²) in [6.07, 6.45) is 3.01. The maximum Gasteiger partial charge on any atom is 0.354 e. The molecule has 2 aliphatic heterocycles. The zero-order valence-corrected chi connectivity index (χ0v) is 25.2. The van der Waals surface area contributed by atoms with Crippen molar-refractivity contribution in [1.82, 2.24) is 19.4 Å². The molecule has 6 rings (SSSR count). The van der Waals surface area contributed by atoms with Crippen molar-refractivity contribution in [3.05, 3.63) is 81.3 Å². The topological polar surface area (TPSA) is 107 Å². The van der Waals surface area contributed by atoms with Crippen LogP contribution in [0.4, 0.5) is 15.9 Å². The Bertz CT molecular complexity index is 1890. The number of nitrogen functional groups attached to an aromatic ring is 1. The molecule has 43 heavy (non-hydrogen) atoms. The van der Waals surface area contributed by atoms with Crippen molar-refractivity contribution in [2.75, 3.05) is 30.3 Å². The van der Waals surface area contributed by atoms with Gasteiger partial charge in [-0.2, -0.15) is 4.98 Å². The number of aromatic nitrogens is 3. The molecule has 2 N–H and O–H groups in total. The molecule has 0 bridgehead atoms. The summed E-state index contributed by atoms with van der Waals surface area (Å²) in [6, 6.07) is 6.18. The maximum atomic E-state index is 15.5. The maximum absolute atomic E-state index is 15.5. The third-order valence-electron chi connectivity index (χ3n) is 8.28. The van der Waals surface area contributed by atoms with Gasteiger partial charge in [-0.25, -0.2) is 9.18 Å². The minimum Gasteiger partial charge on any atom is -0.486 e. The number of pyridine rings is 1. The second kappa shape index (κ2) is 10.7. The van der Waals surface area contributed by atoms with Gasteiger partial charge in [0.25, 0.3) is 0 Å². The average Bonchev–Trinajstić information content (AvgIpc) is 2.98. The van der Waals surface area contributed by atoms with Crippen LogP contribution in [0.3, 0.4) is 0 Å². The zero-order valence-electron chi connectivity index (χ0n) is 24.4. The number of hydrogen-bond acceptors (Lipinski definition) is 7. The minimum atomic E-state index is -0.538. The van der Waals surface area contributed by atoms with Crippen molar-refractivity contribution in [1.29, 1.82) is 0 Å². The number of benzene rings is 2. The van der Waals surface area contributed by atoms with E-state index in [1.807, 2.05) is 38.7 Å². The highest BCUT2D eigenvalue weighted by molar-refractivity contribution is 6.35. The van der Waals surface area contributed by atoms with E-state index in [0.29, 0.717) is 64.6 Å². The highest BCUT2D eigenvalue weighted by atomic mass is 35.5. The zero-order chi connectivity index (χ0) is 30.7. The molecule has 222 valence electrons. The molecular formula is C32H32ClFN6O3. The molecule has 1 saturated heterocycles. The summed E-state index contributed by atoms with van der Waals surface area (Å²) in [5.74, 6) is 0.0170.